The molecule has 0 spiro atoms. The maximum absolute atomic E-state index is 5.83. The maximum atomic E-state index is 5.83. The standard InChI is InChI=1S/C14H23NO2/c1-10(2)7-8-17-13-6-5-12(11(3)15)9-14(13)16-4/h5-6,9-11H,7-8,15H2,1-4H3. The summed E-state index contributed by atoms with van der Waals surface area (Å²) in [7, 11) is 1.65. The lowest BCUT2D eigenvalue weighted by atomic mass is 10.1. The lowest BCUT2D eigenvalue weighted by Gasteiger charge is -2.14. The van der Waals surface area contributed by atoms with Crippen LogP contribution >= 0.6 is 0 Å². The number of benzene rings is 1. The Kier molecular flexibility index (Phi) is 5.29. The molecule has 1 aromatic carbocycles. The van der Waals surface area contributed by atoms with E-state index in [1.165, 1.54) is 0 Å². The monoisotopic (exact) mass is 237 g/mol. The third-order valence-electron chi connectivity index (χ3n) is 2.67. The molecule has 1 atom stereocenters. The Balaban J connectivity index is 2.71. The highest BCUT2D eigenvalue weighted by Crippen LogP contribution is 2.30. The van der Waals surface area contributed by atoms with Crippen molar-refractivity contribution in [3.8, 4) is 11.5 Å². The van der Waals surface area contributed by atoms with E-state index in [1.807, 2.05) is 25.1 Å². The molecule has 0 saturated carbocycles. The molecule has 0 fully saturated rings. The van der Waals surface area contributed by atoms with Crippen LogP contribution in [0.2, 0.25) is 0 Å². The van der Waals surface area contributed by atoms with Crippen molar-refractivity contribution in [3.63, 3.8) is 0 Å². The van der Waals surface area contributed by atoms with Crippen LogP contribution in [-0.4, -0.2) is 13.7 Å². The molecule has 0 aliphatic rings. The topological polar surface area (TPSA) is 44.5 Å². The maximum Gasteiger partial charge on any atom is 0.161 e. The highest BCUT2D eigenvalue weighted by atomic mass is 16.5. The number of rotatable bonds is 6. The SMILES string of the molecule is COc1cc(C(C)N)ccc1OCCC(C)C. The van der Waals surface area contributed by atoms with Gasteiger partial charge in [0, 0.05) is 6.04 Å². The van der Waals surface area contributed by atoms with Crippen LogP contribution in [0.3, 0.4) is 0 Å². The average Bonchev–Trinajstić information content (AvgIpc) is 2.28. The number of ether oxygens (including phenoxy) is 2. The zero-order valence-corrected chi connectivity index (χ0v) is 11.2. The summed E-state index contributed by atoms with van der Waals surface area (Å²) in [6.45, 7) is 7.03. The predicted octanol–water partition coefficient (Wildman–Crippen LogP) is 3.14. The third kappa shape index (κ3) is 4.27. The molecule has 1 unspecified atom stereocenters. The molecular formula is C14H23NO2. The highest BCUT2D eigenvalue weighted by molar-refractivity contribution is 5.43. The Bertz CT molecular complexity index is 348. The Hall–Kier alpha value is -1.22. The molecule has 0 aliphatic carbocycles. The van der Waals surface area contributed by atoms with Crippen molar-refractivity contribution in [1.29, 1.82) is 0 Å². The van der Waals surface area contributed by atoms with Crippen molar-refractivity contribution < 1.29 is 9.47 Å². The van der Waals surface area contributed by atoms with Gasteiger partial charge in [-0.05, 0) is 37.0 Å². The van der Waals surface area contributed by atoms with Crippen molar-refractivity contribution in [2.45, 2.75) is 33.2 Å². The second-order valence-corrected chi connectivity index (χ2v) is 4.73. The van der Waals surface area contributed by atoms with E-state index in [2.05, 4.69) is 13.8 Å². The Morgan fingerprint density at radius 3 is 2.41 bits per heavy atom. The molecule has 0 aliphatic heterocycles. The van der Waals surface area contributed by atoms with E-state index >= 15 is 0 Å². The third-order valence-corrected chi connectivity index (χ3v) is 2.67. The van der Waals surface area contributed by atoms with Crippen molar-refractivity contribution in [3.05, 3.63) is 23.8 Å². The van der Waals surface area contributed by atoms with Gasteiger partial charge in [0.1, 0.15) is 0 Å². The smallest absolute Gasteiger partial charge is 0.161 e. The van der Waals surface area contributed by atoms with Gasteiger partial charge in [0.25, 0.3) is 0 Å². The first-order chi connectivity index (χ1) is 8.04. The molecule has 2 N–H and O–H groups in total. The minimum atomic E-state index is 0.00798. The molecule has 0 amide bonds. The lowest BCUT2D eigenvalue weighted by molar-refractivity contribution is 0.273. The summed E-state index contributed by atoms with van der Waals surface area (Å²) in [6.07, 6.45) is 1.04. The first-order valence-electron chi connectivity index (χ1n) is 6.11. The van der Waals surface area contributed by atoms with Crippen LogP contribution in [0.25, 0.3) is 0 Å². The molecule has 0 aromatic heterocycles. The zero-order chi connectivity index (χ0) is 12.8. The quantitative estimate of drug-likeness (QED) is 0.826. The molecular weight excluding hydrogens is 214 g/mol. The van der Waals surface area contributed by atoms with E-state index in [0.29, 0.717) is 12.5 Å². The second kappa shape index (κ2) is 6.50. The average molecular weight is 237 g/mol. The zero-order valence-electron chi connectivity index (χ0n) is 11.2. The predicted molar refractivity (Wildman–Crippen MR) is 70.5 cm³/mol. The molecule has 1 aromatic rings. The summed E-state index contributed by atoms with van der Waals surface area (Å²) in [5, 5.41) is 0. The van der Waals surface area contributed by atoms with Gasteiger partial charge in [-0.1, -0.05) is 19.9 Å². The van der Waals surface area contributed by atoms with E-state index in [4.69, 9.17) is 15.2 Å². The largest absolute Gasteiger partial charge is 0.493 e. The molecule has 3 heteroatoms. The van der Waals surface area contributed by atoms with Crippen LogP contribution in [-0.2, 0) is 0 Å². The number of methoxy groups -OCH3 is 1. The molecule has 0 bridgehead atoms. The van der Waals surface area contributed by atoms with Gasteiger partial charge < -0.3 is 15.2 Å². The summed E-state index contributed by atoms with van der Waals surface area (Å²) >= 11 is 0. The molecule has 1 rings (SSSR count). The fourth-order valence-corrected chi connectivity index (χ4v) is 1.49. The van der Waals surface area contributed by atoms with Crippen LogP contribution < -0.4 is 15.2 Å². The number of hydrogen-bond acceptors (Lipinski definition) is 3. The van der Waals surface area contributed by atoms with Crippen LogP contribution in [0.1, 0.15) is 38.8 Å². The van der Waals surface area contributed by atoms with E-state index in [9.17, 15) is 0 Å². The molecule has 0 saturated heterocycles. The van der Waals surface area contributed by atoms with Gasteiger partial charge in [-0.2, -0.15) is 0 Å². The number of hydrogen-bond donors (Lipinski definition) is 1. The van der Waals surface area contributed by atoms with Gasteiger partial charge in [-0.15, -0.1) is 0 Å². The fraction of sp³-hybridized carbons (Fsp3) is 0.571. The summed E-state index contributed by atoms with van der Waals surface area (Å²) in [5.41, 5.74) is 6.88. The number of nitrogens with two attached hydrogens (primary N) is 1. The van der Waals surface area contributed by atoms with Crippen molar-refractivity contribution in [2.24, 2.45) is 11.7 Å². The molecule has 96 valence electrons. The van der Waals surface area contributed by atoms with Crippen molar-refractivity contribution in [2.75, 3.05) is 13.7 Å². The minimum Gasteiger partial charge on any atom is -0.493 e. The van der Waals surface area contributed by atoms with Crippen LogP contribution in [0.5, 0.6) is 11.5 Å². The molecule has 3 nitrogen and oxygen atoms in total. The minimum absolute atomic E-state index is 0.00798. The Labute approximate surface area is 104 Å². The highest BCUT2D eigenvalue weighted by Gasteiger charge is 2.08. The fourth-order valence-electron chi connectivity index (χ4n) is 1.49. The van der Waals surface area contributed by atoms with Crippen LogP contribution in [0.15, 0.2) is 18.2 Å². The van der Waals surface area contributed by atoms with E-state index in [1.54, 1.807) is 7.11 Å². The van der Waals surface area contributed by atoms with E-state index in [-0.39, 0.29) is 6.04 Å². The summed E-state index contributed by atoms with van der Waals surface area (Å²) < 4.78 is 11.0. The van der Waals surface area contributed by atoms with Crippen molar-refractivity contribution in [1.82, 2.24) is 0 Å². The van der Waals surface area contributed by atoms with Gasteiger partial charge in [-0.25, -0.2) is 0 Å². The lowest BCUT2D eigenvalue weighted by Crippen LogP contribution is -2.06. The van der Waals surface area contributed by atoms with Crippen LogP contribution in [0.4, 0.5) is 0 Å². The first kappa shape index (κ1) is 13.8. The van der Waals surface area contributed by atoms with Gasteiger partial charge in [-0.3, -0.25) is 0 Å². The summed E-state index contributed by atoms with van der Waals surface area (Å²) in [6, 6.07) is 5.86. The second-order valence-electron chi connectivity index (χ2n) is 4.73. The Morgan fingerprint density at radius 2 is 1.88 bits per heavy atom. The van der Waals surface area contributed by atoms with Gasteiger partial charge >= 0.3 is 0 Å². The normalized spacial score (nSPS) is 12.6. The summed E-state index contributed by atoms with van der Waals surface area (Å²) in [5.74, 6) is 2.19. The Morgan fingerprint density at radius 1 is 1.18 bits per heavy atom. The molecule has 17 heavy (non-hydrogen) atoms. The van der Waals surface area contributed by atoms with Crippen LogP contribution in [0, 0.1) is 5.92 Å². The van der Waals surface area contributed by atoms with Gasteiger partial charge in [0.2, 0.25) is 0 Å². The van der Waals surface area contributed by atoms with E-state index < -0.39 is 0 Å². The van der Waals surface area contributed by atoms with Crippen molar-refractivity contribution >= 4 is 0 Å². The summed E-state index contributed by atoms with van der Waals surface area (Å²) in [4.78, 5) is 0. The van der Waals surface area contributed by atoms with Gasteiger partial charge in [0.15, 0.2) is 11.5 Å². The first-order valence-corrected chi connectivity index (χ1v) is 6.11. The van der Waals surface area contributed by atoms with Gasteiger partial charge in [0.05, 0.1) is 13.7 Å². The van der Waals surface area contributed by atoms with E-state index in [0.717, 1.165) is 23.5 Å². The molecule has 0 heterocycles. The molecule has 0 radical (unpaired) electrons.